The van der Waals surface area contributed by atoms with Gasteiger partial charge in [0.1, 0.15) is 4.90 Å². The third-order valence-corrected chi connectivity index (χ3v) is 4.84. The third kappa shape index (κ3) is 2.06. The van der Waals surface area contributed by atoms with Gasteiger partial charge in [-0.3, -0.25) is 0 Å². The molecule has 1 aliphatic rings. The van der Waals surface area contributed by atoms with E-state index in [9.17, 15) is 8.42 Å². The van der Waals surface area contributed by atoms with Gasteiger partial charge in [0.15, 0.2) is 0 Å². The Morgan fingerprint density at radius 2 is 2.17 bits per heavy atom. The van der Waals surface area contributed by atoms with Gasteiger partial charge in [-0.25, -0.2) is 8.42 Å². The summed E-state index contributed by atoms with van der Waals surface area (Å²) in [5.41, 5.74) is 6.05. The van der Waals surface area contributed by atoms with Crippen LogP contribution < -0.4 is 5.73 Å². The summed E-state index contributed by atoms with van der Waals surface area (Å²) in [6, 6.07) is 6.01. The highest BCUT2D eigenvalue weighted by Gasteiger charge is 2.37. The van der Waals surface area contributed by atoms with Crippen LogP contribution in [-0.2, 0) is 10.0 Å². The predicted molar refractivity (Wildman–Crippen MR) is 64.9 cm³/mol. The van der Waals surface area contributed by atoms with Crippen LogP contribution in [0, 0.1) is 17.2 Å². The molecule has 0 atom stereocenters. The molecule has 0 saturated carbocycles. The van der Waals surface area contributed by atoms with Crippen LogP contribution in [0.1, 0.15) is 5.56 Å². The van der Waals surface area contributed by atoms with E-state index in [1.807, 2.05) is 6.07 Å². The third-order valence-electron chi connectivity index (χ3n) is 2.94. The second-order valence-electron chi connectivity index (χ2n) is 4.24. The van der Waals surface area contributed by atoms with Gasteiger partial charge in [-0.1, -0.05) is 0 Å². The molecule has 0 aliphatic carbocycles. The molecule has 1 heterocycles. The lowest BCUT2D eigenvalue weighted by molar-refractivity contribution is 0.117. The second-order valence-corrected chi connectivity index (χ2v) is 6.14. The first-order valence-corrected chi connectivity index (χ1v) is 6.83. The average molecular weight is 267 g/mol. The fourth-order valence-corrected chi connectivity index (χ4v) is 3.52. The Morgan fingerprint density at radius 1 is 1.50 bits per heavy atom. The van der Waals surface area contributed by atoms with E-state index in [2.05, 4.69) is 0 Å². The molecular formula is C11H13N3O3S. The van der Waals surface area contributed by atoms with Crippen molar-refractivity contribution in [2.45, 2.75) is 4.90 Å². The molecular weight excluding hydrogens is 254 g/mol. The van der Waals surface area contributed by atoms with Gasteiger partial charge >= 0.3 is 0 Å². The highest BCUT2D eigenvalue weighted by molar-refractivity contribution is 7.89. The van der Waals surface area contributed by atoms with Gasteiger partial charge in [-0.2, -0.15) is 9.57 Å². The Morgan fingerprint density at radius 3 is 2.67 bits per heavy atom. The molecule has 1 aromatic rings. The first-order chi connectivity index (χ1) is 8.48. The predicted octanol–water partition coefficient (Wildman–Crippen LogP) is -0.247. The molecule has 2 rings (SSSR count). The summed E-state index contributed by atoms with van der Waals surface area (Å²) < 4.78 is 25.6. The molecule has 96 valence electrons. The van der Waals surface area contributed by atoms with Crippen molar-refractivity contribution < 1.29 is 13.5 Å². The number of anilines is 1. The van der Waals surface area contributed by atoms with E-state index in [4.69, 9.17) is 16.1 Å². The molecule has 7 heteroatoms. The molecule has 6 nitrogen and oxygen atoms in total. The van der Waals surface area contributed by atoms with Crippen molar-refractivity contribution in [2.24, 2.45) is 5.92 Å². The minimum absolute atomic E-state index is 0.000573. The van der Waals surface area contributed by atoms with Gasteiger partial charge < -0.3 is 10.8 Å². The number of benzene rings is 1. The summed E-state index contributed by atoms with van der Waals surface area (Å²) in [5, 5.41) is 17.6. The number of sulfonamides is 1. The van der Waals surface area contributed by atoms with Crippen molar-refractivity contribution in [1.82, 2.24) is 4.31 Å². The Bertz CT molecular complexity index is 600. The number of aliphatic hydroxyl groups excluding tert-OH is 1. The summed E-state index contributed by atoms with van der Waals surface area (Å²) in [6.07, 6.45) is 0. The van der Waals surface area contributed by atoms with Crippen molar-refractivity contribution in [3.8, 4) is 6.07 Å². The van der Waals surface area contributed by atoms with Crippen LogP contribution in [0.4, 0.5) is 5.69 Å². The lowest BCUT2D eigenvalue weighted by atomic mass is 10.1. The molecule has 0 bridgehead atoms. The second kappa shape index (κ2) is 4.57. The van der Waals surface area contributed by atoms with E-state index >= 15 is 0 Å². The quantitative estimate of drug-likeness (QED) is 0.734. The molecule has 3 N–H and O–H groups in total. The largest absolute Gasteiger partial charge is 0.398 e. The van der Waals surface area contributed by atoms with Crippen molar-refractivity contribution in [3.63, 3.8) is 0 Å². The van der Waals surface area contributed by atoms with Crippen LogP contribution >= 0.6 is 0 Å². The van der Waals surface area contributed by atoms with Crippen molar-refractivity contribution in [1.29, 1.82) is 5.26 Å². The summed E-state index contributed by atoms with van der Waals surface area (Å²) in [4.78, 5) is 0.0119. The van der Waals surface area contributed by atoms with E-state index in [0.717, 1.165) is 0 Å². The summed E-state index contributed by atoms with van der Waals surface area (Å²) in [7, 11) is -3.61. The number of aliphatic hydroxyl groups is 1. The Balaban J connectivity index is 2.29. The van der Waals surface area contributed by atoms with E-state index in [0.29, 0.717) is 18.7 Å². The Hall–Kier alpha value is -1.62. The Labute approximate surface area is 105 Å². The monoisotopic (exact) mass is 267 g/mol. The van der Waals surface area contributed by atoms with E-state index in [-0.39, 0.29) is 23.1 Å². The van der Waals surface area contributed by atoms with Gasteiger partial charge in [0, 0.05) is 25.6 Å². The zero-order valence-corrected chi connectivity index (χ0v) is 10.4. The number of nitrogens with zero attached hydrogens (tertiary/aromatic N) is 2. The molecule has 1 aromatic carbocycles. The van der Waals surface area contributed by atoms with Crippen molar-refractivity contribution in [3.05, 3.63) is 23.8 Å². The van der Waals surface area contributed by atoms with E-state index < -0.39 is 10.0 Å². The minimum Gasteiger partial charge on any atom is -0.398 e. The van der Waals surface area contributed by atoms with Crippen LogP contribution in [0.15, 0.2) is 23.1 Å². The maximum Gasteiger partial charge on any atom is 0.245 e. The number of nitrogen functional groups attached to an aromatic ring is 1. The molecule has 1 aliphatic heterocycles. The number of hydrogen-bond acceptors (Lipinski definition) is 5. The van der Waals surface area contributed by atoms with Crippen LogP contribution in [0.5, 0.6) is 0 Å². The molecule has 18 heavy (non-hydrogen) atoms. The Kier molecular flexibility index (Phi) is 3.26. The molecule has 0 unspecified atom stereocenters. The number of hydrogen-bond donors (Lipinski definition) is 2. The molecule has 1 fully saturated rings. The first kappa shape index (κ1) is 12.8. The van der Waals surface area contributed by atoms with E-state index in [1.165, 1.54) is 22.5 Å². The SMILES string of the molecule is N#Cc1ccc(S(=O)(=O)N2CC(CO)C2)c(N)c1. The fourth-order valence-electron chi connectivity index (χ4n) is 1.83. The maximum atomic E-state index is 12.2. The van der Waals surface area contributed by atoms with Crippen LogP contribution in [0.3, 0.4) is 0 Å². The lowest BCUT2D eigenvalue weighted by Gasteiger charge is -2.37. The first-order valence-electron chi connectivity index (χ1n) is 5.39. The topological polar surface area (TPSA) is 107 Å². The summed E-state index contributed by atoms with van der Waals surface area (Å²) in [5.74, 6) is -0.000573. The van der Waals surface area contributed by atoms with Gasteiger partial charge in [-0.15, -0.1) is 0 Å². The number of nitrogens with two attached hydrogens (primary N) is 1. The van der Waals surface area contributed by atoms with Crippen molar-refractivity contribution in [2.75, 3.05) is 25.4 Å². The van der Waals surface area contributed by atoms with Gasteiger partial charge in [0.05, 0.1) is 17.3 Å². The normalized spacial score (nSPS) is 17.1. The average Bonchev–Trinajstić information content (AvgIpc) is 2.26. The lowest BCUT2D eigenvalue weighted by Crippen LogP contribution is -2.51. The van der Waals surface area contributed by atoms with Crippen molar-refractivity contribution >= 4 is 15.7 Å². The van der Waals surface area contributed by atoms with Gasteiger partial charge in [-0.05, 0) is 18.2 Å². The van der Waals surface area contributed by atoms with Gasteiger partial charge in [0.2, 0.25) is 10.0 Å². The van der Waals surface area contributed by atoms with Crippen LogP contribution in [0.2, 0.25) is 0 Å². The standard InChI is InChI=1S/C11H13N3O3S/c12-4-8-1-2-11(10(13)3-8)18(16,17)14-5-9(6-14)7-15/h1-3,9,15H,5-7,13H2. The molecule has 0 spiro atoms. The molecule has 1 saturated heterocycles. The van der Waals surface area contributed by atoms with Gasteiger partial charge in [0.25, 0.3) is 0 Å². The highest BCUT2D eigenvalue weighted by atomic mass is 32.2. The molecule has 0 amide bonds. The maximum absolute atomic E-state index is 12.2. The molecule has 0 aromatic heterocycles. The number of nitriles is 1. The van der Waals surface area contributed by atoms with Crippen LogP contribution in [0.25, 0.3) is 0 Å². The molecule has 0 radical (unpaired) electrons. The number of rotatable bonds is 3. The summed E-state index contributed by atoms with van der Waals surface area (Å²) >= 11 is 0. The van der Waals surface area contributed by atoms with E-state index in [1.54, 1.807) is 0 Å². The smallest absolute Gasteiger partial charge is 0.245 e. The minimum atomic E-state index is -3.61. The summed E-state index contributed by atoms with van der Waals surface area (Å²) in [6.45, 7) is 0.589. The zero-order chi connectivity index (χ0) is 13.3. The zero-order valence-electron chi connectivity index (χ0n) is 9.57. The van der Waals surface area contributed by atoms with Crippen LogP contribution in [-0.4, -0.2) is 37.5 Å². The fraction of sp³-hybridized carbons (Fsp3) is 0.364. The highest BCUT2D eigenvalue weighted by Crippen LogP contribution is 2.28.